The van der Waals surface area contributed by atoms with Gasteiger partial charge in [0.25, 0.3) is 0 Å². The van der Waals surface area contributed by atoms with E-state index in [0.29, 0.717) is 18.2 Å². The lowest BCUT2D eigenvalue weighted by Gasteiger charge is -2.38. The lowest BCUT2D eigenvalue weighted by molar-refractivity contribution is 0.0392. The Bertz CT molecular complexity index is 626. The van der Waals surface area contributed by atoms with Crippen LogP contribution >= 0.6 is 0 Å². The molecule has 1 atom stereocenters. The SMILES string of the molecule is CC1(CO)CCCN(Cc2ncc(-c3ccc(F)cc3)o2)C1. The van der Waals surface area contributed by atoms with Gasteiger partial charge >= 0.3 is 0 Å². The number of likely N-dealkylation sites (tertiary alicyclic amines) is 1. The minimum Gasteiger partial charge on any atom is -0.439 e. The maximum absolute atomic E-state index is 12.9. The van der Waals surface area contributed by atoms with Crippen molar-refractivity contribution >= 4 is 0 Å². The summed E-state index contributed by atoms with van der Waals surface area (Å²) in [5.41, 5.74) is 0.781. The van der Waals surface area contributed by atoms with Crippen LogP contribution in [0.4, 0.5) is 4.39 Å². The molecule has 2 aromatic rings. The molecule has 1 unspecified atom stereocenters. The Morgan fingerprint density at radius 3 is 2.86 bits per heavy atom. The standard InChI is InChI=1S/C17H21FN2O2/c1-17(12-21)7-2-8-20(11-17)10-16-19-9-15(22-16)13-3-5-14(18)6-4-13/h3-6,9,21H,2,7-8,10-12H2,1H3. The van der Waals surface area contributed by atoms with Crippen molar-refractivity contribution in [2.75, 3.05) is 19.7 Å². The molecule has 1 aromatic carbocycles. The van der Waals surface area contributed by atoms with E-state index in [4.69, 9.17) is 4.42 Å². The monoisotopic (exact) mass is 304 g/mol. The number of piperidine rings is 1. The minimum atomic E-state index is -0.264. The van der Waals surface area contributed by atoms with Crippen LogP contribution in [0, 0.1) is 11.2 Å². The van der Waals surface area contributed by atoms with Crippen LogP contribution < -0.4 is 0 Å². The largest absolute Gasteiger partial charge is 0.439 e. The molecule has 4 nitrogen and oxygen atoms in total. The summed E-state index contributed by atoms with van der Waals surface area (Å²) in [6, 6.07) is 6.19. The van der Waals surface area contributed by atoms with Crippen molar-refractivity contribution < 1.29 is 13.9 Å². The summed E-state index contributed by atoms with van der Waals surface area (Å²) in [6.07, 6.45) is 3.80. The van der Waals surface area contributed by atoms with Crippen LogP contribution in [-0.4, -0.2) is 34.7 Å². The normalized spacial score (nSPS) is 22.9. The lowest BCUT2D eigenvalue weighted by Crippen LogP contribution is -2.43. The number of oxazole rings is 1. The summed E-state index contributed by atoms with van der Waals surface area (Å²) in [7, 11) is 0. The van der Waals surface area contributed by atoms with Crippen LogP contribution in [0.15, 0.2) is 34.9 Å². The molecule has 1 N–H and O–H groups in total. The van der Waals surface area contributed by atoms with Crippen molar-refractivity contribution in [3.8, 4) is 11.3 Å². The molecule has 22 heavy (non-hydrogen) atoms. The van der Waals surface area contributed by atoms with Crippen LogP contribution in [0.2, 0.25) is 0 Å². The van der Waals surface area contributed by atoms with Gasteiger partial charge in [-0.15, -0.1) is 0 Å². The summed E-state index contributed by atoms with van der Waals surface area (Å²) >= 11 is 0. The van der Waals surface area contributed by atoms with Gasteiger partial charge in [0, 0.05) is 24.1 Å². The molecule has 0 radical (unpaired) electrons. The fourth-order valence-electron chi connectivity index (χ4n) is 3.01. The Hall–Kier alpha value is -1.72. The molecule has 1 saturated heterocycles. The number of rotatable bonds is 4. The van der Waals surface area contributed by atoms with Crippen molar-refractivity contribution in [3.05, 3.63) is 42.2 Å². The summed E-state index contributed by atoms with van der Waals surface area (Å²) in [5.74, 6) is 1.04. The first-order valence-electron chi connectivity index (χ1n) is 7.62. The zero-order valence-electron chi connectivity index (χ0n) is 12.8. The van der Waals surface area contributed by atoms with Crippen LogP contribution in [0.1, 0.15) is 25.7 Å². The number of benzene rings is 1. The van der Waals surface area contributed by atoms with Gasteiger partial charge in [-0.1, -0.05) is 6.92 Å². The fraction of sp³-hybridized carbons (Fsp3) is 0.471. The molecule has 0 saturated carbocycles. The Morgan fingerprint density at radius 1 is 1.36 bits per heavy atom. The molecule has 1 aromatic heterocycles. The van der Waals surface area contributed by atoms with E-state index in [9.17, 15) is 9.50 Å². The Kier molecular flexibility index (Phi) is 4.27. The lowest BCUT2D eigenvalue weighted by atomic mass is 9.83. The molecule has 1 aliphatic heterocycles. The van der Waals surface area contributed by atoms with E-state index in [1.807, 2.05) is 0 Å². The third-order valence-electron chi connectivity index (χ3n) is 4.28. The first-order chi connectivity index (χ1) is 10.6. The quantitative estimate of drug-likeness (QED) is 0.943. The van der Waals surface area contributed by atoms with E-state index in [0.717, 1.165) is 31.5 Å². The van der Waals surface area contributed by atoms with Crippen LogP contribution in [-0.2, 0) is 6.54 Å². The molecule has 0 spiro atoms. The number of nitrogens with zero attached hydrogens (tertiary/aromatic N) is 2. The Morgan fingerprint density at radius 2 is 2.14 bits per heavy atom. The minimum absolute atomic E-state index is 0.0371. The van der Waals surface area contributed by atoms with E-state index in [2.05, 4.69) is 16.8 Å². The van der Waals surface area contributed by atoms with Gasteiger partial charge in [-0.05, 0) is 43.7 Å². The maximum Gasteiger partial charge on any atom is 0.209 e. The van der Waals surface area contributed by atoms with Crippen molar-refractivity contribution in [1.82, 2.24) is 9.88 Å². The molecular weight excluding hydrogens is 283 g/mol. The number of aliphatic hydroxyl groups excluding tert-OH is 1. The summed E-state index contributed by atoms with van der Waals surface area (Å²) in [6.45, 7) is 4.78. The van der Waals surface area contributed by atoms with E-state index >= 15 is 0 Å². The van der Waals surface area contributed by atoms with Gasteiger partial charge in [0.05, 0.1) is 12.7 Å². The summed E-state index contributed by atoms with van der Waals surface area (Å²) in [5, 5.41) is 9.51. The van der Waals surface area contributed by atoms with E-state index in [1.54, 1.807) is 18.3 Å². The van der Waals surface area contributed by atoms with Crippen molar-refractivity contribution in [2.45, 2.75) is 26.3 Å². The number of halogens is 1. The summed E-state index contributed by atoms with van der Waals surface area (Å²) < 4.78 is 18.7. The second kappa shape index (κ2) is 6.18. The second-order valence-electron chi connectivity index (χ2n) is 6.41. The van der Waals surface area contributed by atoms with Gasteiger partial charge in [-0.25, -0.2) is 9.37 Å². The Labute approximate surface area is 129 Å². The predicted molar refractivity (Wildman–Crippen MR) is 81.6 cm³/mol. The number of aromatic nitrogens is 1. The molecule has 0 bridgehead atoms. The molecule has 0 aliphatic carbocycles. The van der Waals surface area contributed by atoms with Crippen molar-refractivity contribution in [2.24, 2.45) is 5.41 Å². The Balaban J connectivity index is 1.68. The first-order valence-corrected chi connectivity index (χ1v) is 7.62. The highest BCUT2D eigenvalue weighted by Crippen LogP contribution is 2.30. The van der Waals surface area contributed by atoms with E-state index in [1.165, 1.54) is 12.1 Å². The molecule has 3 rings (SSSR count). The van der Waals surface area contributed by atoms with Crippen LogP contribution in [0.3, 0.4) is 0 Å². The van der Waals surface area contributed by atoms with E-state index < -0.39 is 0 Å². The fourth-order valence-corrected chi connectivity index (χ4v) is 3.01. The van der Waals surface area contributed by atoms with Gasteiger partial charge in [0.15, 0.2) is 5.76 Å². The molecule has 118 valence electrons. The zero-order valence-corrected chi connectivity index (χ0v) is 12.8. The average Bonchev–Trinajstić information content (AvgIpc) is 2.96. The highest BCUT2D eigenvalue weighted by molar-refractivity contribution is 5.55. The van der Waals surface area contributed by atoms with Crippen molar-refractivity contribution in [1.29, 1.82) is 0 Å². The van der Waals surface area contributed by atoms with Gasteiger partial charge in [-0.3, -0.25) is 4.90 Å². The average molecular weight is 304 g/mol. The molecule has 0 amide bonds. The number of hydrogen-bond donors (Lipinski definition) is 1. The van der Waals surface area contributed by atoms with Gasteiger partial charge in [-0.2, -0.15) is 0 Å². The van der Waals surface area contributed by atoms with Crippen LogP contribution in [0.5, 0.6) is 0 Å². The zero-order chi connectivity index (χ0) is 15.6. The molecule has 1 fully saturated rings. The topological polar surface area (TPSA) is 49.5 Å². The van der Waals surface area contributed by atoms with Gasteiger partial charge in [0.1, 0.15) is 5.82 Å². The molecule has 2 heterocycles. The van der Waals surface area contributed by atoms with Crippen molar-refractivity contribution in [3.63, 3.8) is 0 Å². The predicted octanol–water partition coefficient (Wildman–Crippen LogP) is 3.08. The third-order valence-corrected chi connectivity index (χ3v) is 4.28. The third kappa shape index (κ3) is 3.36. The maximum atomic E-state index is 12.9. The number of hydrogen-bond acceptors (Lipinski definition) is 4. The van der Waals surface area contributed by atoms with E-state index in [-0.39, 0.29) is 17.8 Å². The highest BCUT2D eigenvalue weighted by atomic mass is 19.1. The second-order valence-corrected chi connectivity index (χ2v) is 6.41. The highest BCUT2D eigenvalue weighted by Gasteiger charge is 2.30. The smallest absolute Gasteiger partial charge is 0.209 e. The molecular formula is C17H21FN2O2. The molecule has 1 aliphatic rings. The van der Waals surface area contributed by atoms with Crippen LogP contribution in [0.25, 0.3) is 11.3 Å². The van der Waals surface area contributed by atoms with Gasteiger partial charge < -0.3 is 9.52 Å². The first kappa shape index (κ1) is 15.2. The number of aliphatic hydroxyl groups is 1. The van der Waals surface area contributed by atoms with Gasteiger partial charge in [0.2, 0.25) is 5.89 Å². The summed E-state index contributed by atoms with van der Waals surface area (Å²) in [4.78, 5) is 6.58. The molecule has 5 heteroatoms.